The van der Waals surface area contributed by atoms with Gasteiger partial charge in [-0.3, -0.25) is 4.98 Å². The number of fused-ring (bicyclic) bond motifs is 1. The van der Waals surface area contributed by atoms with E-state index >= 15 is 0 Å². The average molecular weight is 249 g/mol. The molecule has 0 N–H and O–H groups in total. The highest BCUT2D eigenvalue weighted by molar-refractivity contribution is 5.94. The van der Waals surface area contributed by atoms with E-state index in [9.17, 15) is 9.18 Å². The molecule has 0 radical (unpaired) electrons. The number of nitrogens with zero attached hydrogens (tertiary/aromatic N) is 1. The monoisotopic (exact) mass is 249 g/mol. The minimum Gasteiger partial charge on any atom is -0.497 e. The molecule has 94 valence electrons. The summed E-state index contributed by atoms with van der Waals surface area (Å²) in [7, 11) is 1.45. The number of halogens is 1. The van der Waals surface area contributed by atoms with E-state index < -0.39 is 11.8 Å². The van der Waals surface area contributed by atoms with E-state index in [1.807, 2.05) is 0 Å². The molecule has 0 saturated heterocycles. The minimum absolute atomic E-state index is 0.230. The third kappa shape index (κ3) is 2.25. The third-order valence-electron chi connectivity index (χ3n) is 2.47. The van der Waals surface area contributed by atoms with Gasteiger partial charge in [0.05, 0.1) is 24.8 Å². The second-order valence-electron chi connectivity index (χ2n) is 3.62. The molecule has 0 atom stereocenters. The normalized spacial score (nSPS) is 10.4. The van der Waals surface area contributed by atoms with E-state index in [0.29, 0.717) is 11.3 Å². The Bertz CT molecular complexity index is 598. The topological polar surface area (TPSA) is 48.4 Å². The van der Waals surface area contributed by atoms with Crippen molar-refractivity contribution in [1.82, 2.24) is 4.98 Å². The molecule has 0 bridgehead atoms. The van der Waals surface area contributed by atoms with Gasteiger partial charge < -0.3 is 9.47 Å². The highest BCUT2D eigenvalue weighted by Gasteiger charge is 2.11. The maximum Gasteiger partial charge on any atom is 0.339 e. The number of carbonyl (C=O) groups excluding carboxylic acids is 1. The second-order valence-corrected chi connectivity index (χ2v) is 3.62. The molecule has 5 heteroatoms. The number of carbonyl (C=O) groups is 1. The average Bonchev–Trinajstić information content (AvgIpc) is 2.38. The Morgan fingerprint density at radius 2 is 2.17 bits per heavy atom. The molecular formula is C13H12FNO3. The molecule has 0 fully saturated rings. The molecule has 4 nitrogen and oxygen atoms in total. The lowest BCUT2D eigenvalue weighted by atomic mass is 10.1. The number of hydrogen-bond donors (Lipinski definition) is 0. The fourth-order valence-electron chi connectivity index (χ4n) is 1.60. The Balaban J connectivity index is 2.52. The Hall–Kier alpha value is -2.17. The van der Waals surface area contributed by atoms with E-state index in [1.165, 1.54) is 25.4 Å². The first kappa shape index (κ1) is 12.3. The maximum absolute atomic E-state index is 13.8. The van der Waals surface area contributed by atoms with Crippen LogP contribution >= 0.6 is 0 Å². The summed E-state index contributed by atoms with van der Waals surface area (Å²) in [6.45, 7) is 1.97. The van der Waals surface area contributed by atoms with E-state index in [2.05, 4.69) is 4.98 Å². The number of aromatic nitrogens is 1. The van der Waals surface area contributed by atoms with Crippen molar-refractivity contribution in [3.05, 3.63) is 35.8 Å². The number of benzene rings is 1. The molecule has 18 heavy (non-hydrogen) atoms. The van der Waals surface area contributed by atoms with Crippen LogP contribution in [-0.4, -0.2) is 24.7 Å². The van der Waals surface area contributed by atoms with Gasteiger partial charge in [-0.15, -0.1) is 0 Å². The summed E-state index contributed by atoms with van der Waals surface area (Å²) in [5.41, 5.74) is 0.660. The summed E-state index contributed by atoms with van der Waals surface area (Å²) in [5, 5.41) is 0.265. The highest BCUT2D eigenvalue weighted by atomic mass is 19.1. The molecule has 0 aliphatic carbocycles. The standard InChI is InChI=1S/C13H12FNO3/c1-3-18-13(16)8-4-10-11(14)5-9(17-2)6-12(10)15-7-8/h4-7H,3H2,1-2H3. The number of rotatable bonds is 3. The predicted octanol–water partition coefficient (Wildman–Crippen LogP) is 2.56. The Morgan fingerprint density at radius 3 is 2.83 bits per heavy atom. The fraction of sp³-hybridized carbons (Fsp3) is 0.231. The molecule has 1 aromatic carbocycles. The van der Waals surface area contributed by atoms with E-state index in [0.717, 1.165) is 0 Å². The molecule has 0 saturated carbocycles. The number of methoxy groups -OCH3 is 1. The highest BCUT2D eigenvalue weighted by Crippen LogP contribution is 2.23. The summed E-state index contributed by atoms with van der Waals surface area (Å²) in [4.78, 5) is 15.5. The van der Waals surface area contributed by atoms with E-state index in [4.69, 9.17) is 9.47 Å². The molecule has 2 rings (SSSR count). The van der Waals surface area contributed by atoms with Crippen molar-refractivity contribution in [3.63, 3.8) is 0 Å². The van der Waals surface area contributed by atoms with Gasteiger partial charge in [0.2, 0.25) is 0 Å². The lowest BCUT2D eigenvalue weighted by Crippen LogP contribution is -2.05. The fourth-order valence-corrected chi connectivity index (χ4v) is 1.60. The minimum atomic E-state index is -0.512. The molecule has 0 aliphatic heterocycles. The molecule has 0 aliphatic rings. The molecule has 1 heterocycles. The molecular weight excluding hydrogens is 237 g/mol. The summed E-state index contributed by atoms with van der Waals surface area (Å²) >= 11 is 0. The molecule has 0 amide bonds. The zero-order chi connectivity index (χ0) is 13.1. The van der Waals surface area contributed by atoms with Crippen LogP contribution in [0, 0.1) is 5.82 Å². The maximum atomic E-state index is 13.8. The first-order valence-corrected chi connectivity index (χ1v) is 5.46. The van der Waals surface area contributed by atoms with E-state index in [1.54, 1.807) is 13.0 Å². The van der Waals surface area contributed by atoms with Crippen molar-refractivity contribution >= 4 is 16.9 Å². The number of esters is 1. The lowest BCUT2D eigenvalue weighted by molar-refractivity contribution is 0.0526. The number of ether oxygens (including phenoxy) is 2. The van der Waals surface area contributed by atoms with Gasteiger partial charge in [-0.05, 0) is 13.0 Å². The zero-order valence-corrected chi connectivity index (χ0v) is 10.1. The first-order valence-electron chi connectivity index (χ1n) is 5.46. The van der Waals surface area contributed by atoms with Crippen molar-refractivity contribution in [2.45, 2.75) is 6.92 Å². The quantitative estimate of drug-likeness (QED) is 0.784. The van der Waals surface area contributed by atoms with Crippen molar-refractivity contribution in [2.24, 2.45) is 0 Å². The van der Waals surface area contributed by atoms with Crippen LogP contribution < -0.4 is 4.74 Å². The number of hydrogen-bond acceptors (Lipinski definition) is 4. The van der Waals surface area contributed by atoms with Crippen molar-refractivity contribution in [3.8, 4) is 5.75 Å². The molecule has 0 unspecified atom stereocenters. The van der Waals surface area contributed by atoms with Gasteiger partial charge in [-0.25, -0.2) is 9.18 Å². The van der Waals surface area contributed by atoms with Crippen LogP contribution in [0.5, 0.6) is 5.75 Å². The van der Waals surface area contributed by atoms with Crippen LogP contribution in [0.4, 0.5) is 4.39 Å². The Morgan fingerprint density at radius 1 is 1.39 bits per heavy atom. The lowest BCUT2D eigenvalue weighted by Gasteiger charge is -2.06. The smallest absolute Gasteiger partial charge is 0.339 e. The van der Waals surface area contributed by atoms with Gasteiger partial charge in [0.25, 0.3) is 0 Å². The van der Waals surface area contributed by atoms with Crippen LogP contribution in [0.3, 0.4) is 0 Å². The summed E-state index contributed by atoms with van der Waals surface area (Å²) < 4.78 is 23.6. The van der Waals surface area contributed by atoms with Gasteiger partial charge >= 0.3 is 5.97 Å². The SMILES string of the molecule is CCOC(=O)c1cnc2cc(OC)cc(F)c2c1. The largest absolute Gasteiger partial charge is 0.497 e. The van der Waals surface area contributed by atoms with Gasteiger partial charge in [0.1, 0.15) is 11.6 Å². The van der Waals surface area contributed by atoms with Crippen LogP contribution in [0.2, 0.25) is 0 Å². The van der Waals surface area contributed by atoms with Gasteiger partial charge in [0.15, 0.2) is 0 Å². The van der Waals surface area contributed by atoms with Gasteiger partial charge in [0, 0.05) is 23.7 Å². The van der Waals surface area contributed by atoms with Crippen LogP contribution in [-0.2, 0) is 4.74 Å². The van der Waals surface area contributed by atoms with Gasteiger partial charge in [-0.1, -0.05) is 0 Å². The molecule has 0 spiro atoms. The van der Waals surface area contributed by atoms with Crippen molar-refractivity contribution < 1.29 is 18.7 Å². The first-order chi connectivity index (χ1) is 8.65. The summed E-state index contributed by atoms with van der Waals surface area (Å²) in [6, 6.07) is 4.28. The zero-order valence-electron chi connectivity index (χ0n) is 10.1. The van der Waals surface area contributed by atoms with Crippen molar-refractivity contribution in [1.29, 1.82) is 0 Å². The predicted molar refractivity (Wildman–Crippen MR) is 64.2 cm³/mol. The Kier molecular flexibility index (Phi) is 3.41. The summed E-state index contributed by atoms with van der Waals surface area (Å²) in [5.74, 6) is -0.610. The van der Waals surface area contributed by atoms with Crippen LogP contribution in [0.25, 0.3) is 10.9 Å². The Labute approximate surface area is 103 Å². The summed E-state index contributed by atoms with van der Waals surface area (Å²) in [6.07, 6.45) is 1.36. The van der Waals surface area contributed by atoms with Gasteiger partial charge in [-0.2, -0.15) is 0 Å². The van der Waals surface area contributed by atoms with Crippen LogP contribution in [0.15, 0.2) is 24.4 Å². The molecule has 1 aromatic heterocycles. The second kappa shape index (κ2) is 5.00. The third-order valence-corrected chi connectivity index (χ3v) is 2.47. The van der Waals surface area contributed by atoms with Crippen molar-refractivity contribution in [2.75, 3.05) is 13.7 Å². The van der Waals surface area contributed by atoms with Crippen LogP contribution in [0.1, 0.15) is 17.3 Å². The number of pyridine rings is 1. The van der Waals surface area contributed by atoms with E-state index in [-0.39, 0.29) is 17.6 Å². The molecule has 2 aromatic rings.